The molecule has 0 atom stereocenters. The van der Waals surface area contributed by atoms with Gasteiger partial charge in [0.05, 0.1) is 5.69 Å². The Bertz CT molecular complexity index is 1350. The first-order valence-corrected chi connectivity index (χ1v) is 10.4. The van der Waals surface area contributed by atoms with Crippen LogP contribution >= 0.6 is 0 Å². The number of hydrogen-bond donors (Lipinski definition) is 1. The predicted molar refractivity (Wildman–Crippen MR) is 121 cm³/mol. The number of fused-ring (bicyclic) bond motifs is 5. The number of hydrogen-bond acceptors (Lipinski definition) is 2. The van der Waals surface area contributed by atoms with Crippen LogP contribution in [0.15, 0.2) is 88.5 Å². The lowest BCUT2D eigenvalue weighted by molar-refractivity contribution is 0.606. The van der Waals surface area contributed by atoms with Crippen molar-refractivity contribution in [3.05, 3.63) is 95.2 Å². The maximum atomic E-state index is 6.24. The lowest BCUT2D eigenvalue weighted by Crippen LogP contribution is -2.18. The van der Waals surface area contributed by atoms with E-state index in [9.17, 15) is 0 Å². The third-order valence-corrected chi connectivity index (χ3v) is 6.61. The predicted octanol–water partition coefficient (Wildman–Crippen LogP) is 7.42. The molecular formula is C27H23NO. The maximum absolute atomic E-state index is 6.24. The minimum absolute atomic E-state index is 0.0818. The largest absolute Gasteiger partial charge is 0.454 e. The van der Waals surface area contributed by atoms with E-state index in [4.69, 9.17) is 4.42 Å². The van der Waals surface area contributed by atoms with Crippen LogP contribution in [-0.4, -0.2) is 0 Å². The molecule has 29 heavy (non-hydrogen) atoms. The monoisotopic (exact) mass is 377 g/mol. The van der Waals surface area contributed by atoms with Gasteiger partial charge >= 0.3 is 0 Å². The van der Waals surface area contributed by atoms with E-state index < -0.39 is 0 Å². The second-order valence-corrected chi connectivity index (χ2v) is 8.59. The Hall–Kier alpha value is -3.26. The van der Waals surface area contributed by atoms with Crippen LogP contribution in [0.3, 0.4) is 0 Å². The van der Waals surface area contributed by atoms with E-state index in [0.29, 0.717) is 0 Å². The minimum atomic E-state index is 0.0818. The highest BCUT2D eigenvalue weighted by Crippen LogP contribution is 2.52. The molecule has 1 N–H and O–H groups in total. The van der Waals surface area contributed by atoms with E-state index in [1.165, 1.54) is 22.4 Å². The van der Waals surface area contributed by atoms with Gasteiger partial charge in [-0.3, -0.25) is 0 Å². The fraction of sp³-hybridized carbons (Fsp3) is 0.185. The number of anilines is 1. The molecule has 0 bridgehead atoms. The summed E-state index contributed by atoms with van der Waals surface area (Å²) in [6.07, 6.45) is 4.53. The Morgan fingerprint density at radius 3 is 2.59 bits per heavy atom. The van der Waals surface area contributed by atoms with Crippen LogP contribution in [-0.2, 0) is 5.41 Å². The van der Waals surface area contributed by atoms with Gasteiger partial charge in [-0.15, -0.1) is 0 Å². The second-order valence-electron chi connectivity index (χ2n) is 8.59. The third kappa shape index (κ3) is 2.29. The van der Waals surface area contributed by atoms with Gasteiger partial charge in [-0.1, -0.05) is 74.5 Å². The number of allylic oxidation sites excluding steroid dienone is 3. The standard InChI is InChI=1S/C27H23NO/c1-27(2)20-12-5-3-10-19(20)25-21(27)13-8-14-22(25)28-23-15-7-11-18-17-9-4-6-16-24(17)29-26(18)23/h3-7,9-12,14-16,28H,8,13H2,1-2H3. The highest BCUT2D eigenvalue weighted by molar-refractivity contribution is 6.09. The molecule has 2 aliphatic rings. The molecule has 0 saturated carbocycles. The fourth-order valence-electron chi connectivity index (χ4n) is 5.20. The summed E-state index contributed by atoms with van der Waals surface area (Å²) in [5.74, 6) is 0. The van der Waals surface area contributed by atoms with E-state index in [2.05, 4.69) is 79.8 Å². The summed E-state index contributed by atoms with van der Waals surface area (Å²) in [7, 11) is 0. The first-order valence-electron chi connectivity index (χ1n) is 10.4. The average molecular weight is 377 g/mol. The highest BCUT2D eigenvalue weighted by Gasteiger charge is 2.39. The summed E-state index contributed by atoms with van der Waals surface area (Å²) in [5, 5.41) is 6.06. The van der Waals surface area contributed by atoms with Crippen molar-refractivity contribution in [2.75, 3.05) is 5.32 Å². The van der Waals surface area contributed by atoms with Crippen LogP contribution in [0, 0.1) is 0 Å². The minimum Gasteiger partial charge on any atom is -0.454 e. The number of rotatable bonds is 2. The summed E-state index contributed by atoms with van der Waals surface area (Å²) in [6, 6.07) is 23.5. The smallest absolute Gasteiger partial charge is 0.158 e. The molecule has 4 aromatic rings. The van der Waals surface area contributed by atoms with E-state index >= 15 is 0 Å². The van der Waals surface area contributed by atoms with E-state index in [0.717, 1.165) is 40.5 Å². The topological polar surface area (TPSA) is 25.2 Å². The normalized spacial score (nSPS) is 17.4. The zero-order valence-corrected chi connectivity index (χ0v) is 16.8. The zero-order chi connectivity index (χ0) is 19.6. The summed E-state index contributed by atoms with van der Waals surface area (Å²) in [5.41, 5.74) is 9.89. The third-order valence-electron chi connectivity index (χ3n) is 6.61. The van der Waals surface area contributed by atoms with Crippen molar-refractivity contribution in [2.45, 2.75) is 32.1 Å². The number of benzene rings is 3. The zero-order valence-electron chi connectivity index (χ0n) is 16.8. The van der Waals surface area contributed by atoms with Gasteiger partial charge < -0.3 is 9.73 Å². The van der Waals surface area contributed by atoms with E-state index in [1.807, 2.05) is 12.1 Å². The van der Waals surface area contributed by atoms with E-state index in [1.54, 1.807) is 5.57 Å². The van der Waals surface area contributed by atoms with Gasteiger partial charge in [0, 0.05) is 27.5 Å². The second kappa shape index (κ2) is 5.87. The van der Waals surface area contributed by atoms with Crippen LogP contribution in [0.4, 0.5) is 5.69 Å². The van der Waals surface area contributed by atoms with Crippen molar-refractivity contribution in [1.82, 2.24) is 0 Å². The molecule has 1 heterocycles. The van der Waals surface area contributed by atoms with Gasteiger partial charge in [-0.25, -0.2) is 0 Å². The van der Waals surface area contributed by atoms with Crippen LogP contribution in [0.5, 0.6) is 0 Å². The Labute approximate surface area is 170 Å². The molecule has 2 nitrogen and oxygen atoms in total. The van der Waals surface area contributed by atoms with Gasteiger partial charge in [-0.2, -0.15) is 0 Å². The molecule has 0 fully saturated rings. The van der Waals surface area contributed by atoms with Gasteiger partial charge in [0.1, 0.15) is 5.58 Å². The van der Waals surface area contributed by atoms with Crippen molar-refractivity contribution in [2.24, 2.45) is 0 Å². The molecule has 2 heteroatoms. The number of furan rings is 1. The quantitative estimate of drug-likeness (QED) is 0.393. The lowest BCUT2D eigenvalue weighted by Gasteiger charge is -2.27. The van der Waals surface area contributed by atoms with Crippen molar-refractivity contribution in [1.29, 1.82) is 0 Å². The molecule has 2 aliphatic carbocycles. The van der Waals surface area contributed by atoms with Crippen molar-refractivity contribution < 1.29 is 4.42 Å². The molecule has 6 rings (SSSR count). The molecule has 0 unspecified atom stereocenters. The van der Waals surface area contributed by atoms with Crippen LogP contribution in [0.1, 0.15) is 37.8 Å². The Morgan fingerprint density at radius 2 is 1.66 bits per heavy atom. The molecule has 142 valence electrons. The van der Waals surface area contributed by atoms with Gasteiger partial charge in [0.15, 0.2) is 5.58 Å². The Morgan fingerprint density at radius 1 is 0.862 bits per heavy atom. The summed E-state index contributed by atoms with van der Waals surface area (Å²) < 4.78 is 6.24. The van der Waals surface area contributed by atoms with Gasteiger partial charge in [-0.05, 0) is 41.7 Å². The first-order chi connectivity index (χ1) is 14.1. The SMILES string of the molecule is CC1(C)C2=C(C(Nc3cccc4c3oc3ccccc34)=CCC2)c2ccccc21. The maximum Gasteiger partial charge on any atom is 0.158 e. The van der Waals surface area contributed by atoms with Crippen LogP contribution in [0.2, 0.25) is 0 Å². The van der Waals surface area contributed by atoms with Gasteiger partial charge in [0.2, 0.25) is 0 Å². The lowest BCUT2D eigenvalue weighted by atomic mass is 9.78. The summed E-state index contributed by atoms with van der Waals surface area (Å²) >= 11 is 0. The average Bonchev–Trinajstić information content (AvgIpc) is 3.23. The van der Waals surface area contributed by atoms with Crippen LogP contribution < -0.4 is 5.32 Å². The summed E-state index contributed by atoms with van der Waals surface area (Å²) in [4.78, 5) is 0. The molecule has 1 aromatic heterocycles. The summed E-state index contributed by atoms with van der Waals surface area (Å²) in [6.45, 7) is 4.72. The van der Waals surface area contributed by atoms with Gasteiger partial charge in [0.25, 0.3) is 0 Å². The van der Waals surface area contributed by atoms with Crippen molar-refractivity contribution in [3.8, 4) is 0 Å². The first kappa shape index (κ1) is 16.7. The highest BCUT2D eigenvalue weighted by atomic mass is 16.3. The molecule has 0 spiro atoms. The van der Waals surface area contributed by atoms with Crippen LogP contribution in [0.25, 0.3) is 27.5 Å². The molecule has 0 amide bonds. The Balaban J connectivity index is 1.50. The van der Waals surface area contributed by atoms with Crippen molar-refractivity contribution >= 4 is 33.2 Å². The molecule has 3 aromatic carbocycles. The Kier molecular flexibility index (Phi) is 3.37. The fourth-order valence-corrected chi connectivity index (χ4v) is 5.20. The molecule has 0 saturated heterocycles. The number of para-hydroxylation sites is 2. The van der Waals surface area contributed by atoms with Crippen molar-refractivity contribution in [3.63, 3.8) is 0 Å². The molecule has 0 aliphatic heterocycles. The number of nitrogens with one attached hydrogen (secondary N) is 1. The molecular weight excluding hydrogens is 354 g/mol. The molecule has 0 radical (unpaired) electrons. The van der Waals surface area contributed by atoms with E-state index in [-0.39, 0.29) is 5.41 Å².